The van der Waals surface area contributed by atoms with Crippen molar-refractivity contribution in [3.05, 3.63) is 59.3 Å². The molecule has 0 aliphatic carbocycles. The number of hydrogen-bond acceptors (Lipinski definition) is 6. The highest BCUT2D eigenvalue weighted by atomic mass is 35.5. The molecule has 0 amide bonds. The van der Waals surface area contributed by atoms with E-state index in [9.17, 15) is 4.39 Å². The van der Waals surface area contributed by atoms with Crippen LogP contribution in [-0.4, -0.2) is 15.0 Å². The maximum absolute atomic E-state index is 13.4. The summed E-state index contributed by atoms with van der Waals surface area (Å²) in [5.74, 6) is 0.119. The minimum atomic E-state index is -0.495. The van der Waals surface area contributed by atoms with Gasteiger partial charge in [0.1, 0.15) is 11.5 Å². The molecule has 0 saturated carbocycles. The van der Waals surface area contributed by atoms with Gasteiger partial charge in [0.05, 0.1) is 10.4 Å². The van der Waals surface area contributed by atoms with Crippen molar-refractivity contribution in [2.24, 2.45) is 0 Å². The van der Waals surface area contributed by atoms with Gasteiger partial charge >= 0.3 is 0 Å². The Labute approximate surface area is 152 Å². The average molecular weight is 370 g/mol. The van der Waals surface area contributed by atoms with Gasteiger partial charge < -0.3 is 15.5 Å². The van der Waals surface area contributed by atoms with Crippen LogP contribution in [0.25, 0.3) is 22.5 Å². The molecule has 0 atom stereocenters. The fraction of sp³-hybridized carbons (Fsp3) is 0.0556. The second kappa shape index (κ2) is 6.27. The van der Waals surface area contributed by atoms with Crippen LogP contribution in [0.4, 0.5) is 21.6 Å². The van der Waals surface area contributed by atoms with Crippen molar-refractivity contribution in [3.8, 4) is 11.5 Å². The van der Waals surface area contributed by atoms with Gasteiger partial charge in [-0.3, -0.25) is 0 Å². The third kappa shape index (κ3) is 2.82. The Balaban J connectivity index is 1.83. The zero-order chi connectivity index (χ0) is 18.3. The third-order valence-electron chi connectivity index (χ3n) is 3.83. The summed E-state index contributed by atoms with van der Waals surface area (Å²) in [4.78, 5) is 13.0. The first-order valence-corrected chi connectivity index (χ1v) is 8.10. The van der Waals surface area contributed by atoms with Gasteiger partial charge in [-0.15, -0.1) is 0 Å². The van der Waals surface area contributed by atoms with E-state index in [1.165, 1.54) is 12.1 Å². The molecule has 3 N–H and O–H groups in total. The van der Waals surface area contributed by atoms with Crippen LogP contribution in [-0.2, 0) is 0 Å². The molecule has 4 rings (SSSR count). The van der Waals surface area contributed by atoms with Crippen LogP contribution >= 0.6 is 11.6 Å². The predicted molar refractivity (Wildman–Crippen MR) is 98.9 cm³/mol. The molecule has 0 saturated heterocycles. The normalized spacial score (nSPS) is 11.0. The van der Waals surface area contributed by atoms with E-state index in [2.05, 4.69) is 20.3 Å². The maximum atomic E-state index is 13.4. The Morgan fingerprint density at radius 3 is 2.73 bits per heavy atom. The molecule has 0 aliphatic rings. The zero-order valence-corrected chi connectivity index (χ0v) is 14.4. The number of aryl methyl sites for hydroxylation is 1. The van der Waals surface area contributed by atoms with Gasteiger partial charge in [0.2, 0.25) is 5.88 Å². The second-order valence-corrected chi connectivity index (χ2v) is 6.06. The van der Waals surface area contributed by atoms with Crippen molar-refractivity contribution in [1.29, 1.82) is 0 Å². The summed E-state index contributed by atoms with van der Waals surface area (Å²) < 4.78 is 19.1. The Kier molecular flexibility index (Phi) is 3.93. The van der Waals surface area contributed by atoms with Crippen molar-refractivity contribution < 1.29 is 8.81 Å². The van der Waals surface area contributed by atoms with Crippen LogP contribution in [0, 0.1) is 12.7 Å². The van der Waals surface area contributed by atoms with Crippen molar-refractivity contribution in [1.82, 2.24) is 15.0 Å². The van der Waals surface area contributed by atoms with E-state index in [0.29, 0.717) is 33.9 Å². The largest absolute Gasteiger partial charge is 0.436 e. The van der Waals surface area contributed by atoms with Crippen LogP contribution in [0.1, 0.15) is 5.69 Å². The lowest BCUT2D eigenvalue weighted by atomic mass is 10.2. The summed E-state index contributed by atoms with van der Waals surface area (Å²) in [7, 11) is 0. The number of benzene rings is 1. The van der Waals surface area contributed by atoms with E-state index in [-0.39, 0.29) is 10.9 Å². The molecule has 3 heterocycles. The molecule has 26 heavy (non-hydrogen) atoms. The molecule has 8 heteroatoms. The molecule has 130 valence electrons. The smallest absolute Gasteiger partial charge is 0.215 e. The van der Waals surface area contributed by atoms with Crippen molar-refractivity contribution in [3.63, 3.8) is 0 Å². The van der Waals surface area contributed by atoms with Crippen LogP contribution < -0.4 is 11.1 Å². The number of nitrogen functional groups attached to an aromatic ring is 1. The van der Waals surface area contributed by atoms with E-state index in [0.717, 1.165) is 5.69 Å². The van der Waals surface area contributed by atoms with Crippen molar-refractivity contribution in [2.45, 2.75) is 6.92 Å². The van der Waals surface area contributed by atoms with Crippen LogP contribution in [0.2, 0.25) is 5.02 Å². The van der Waals surface area contributed by atoms with Gasteiger partial charge in [0.25, 0.3) is 0 Å². The molecular formula is C18H13ClFN5O. The van der Waals surface area contributed by atoms with Crippen LogP contribution in [0.5, 0.6) is 0 Å². The third-order valence-corrected chi connectivity index (χ3v) is 4.12. The van der Waals surface area contributed by atoms with E-state index in [1.807, 2.05) is 6.92 Å². The first-order chi connectivity index (χ1) is 12.5. The number of rotatable bonds is 3. The number of furan rings is 1. The molecule has 4 aromatic rings. The molecule has 0 spiro atoms. The van der Waals surface area contributed by atoms with E-state index in [1.54, 1.807) is 30.6 Å². The van der Waals surface area contributed by atoms with Crippen LogP contribution in [0.15, 0.2) is 47.1 Å². The Bertz CT molecular complexity index is 1130. The molecule has 0 unspecified atom stereocenters. The number of nitrogens with one attached hydrogen (secondary N) is 1. The number of pyridine rings is 1. The molecule has 0 fully saturated rings. The maximum Gasteiger partial charge on any atom is 0.215 e. The number of hydrogen-bond donors (Lipinski definition) is 2. The lowest BCUT2D eigenvalue weighted by molar-refractivity contribution is 0.628. The molecule has 3 aromatic heterocycles. The second-order valence-electron chi connectivity index (χ2n) is 5.65. The molecule has 0 bridgehead atoms. The Morgan fingerprint density at radius 2 is 1.96 bits per heavy atom. The number of aromatic nitrogens is 3. The SMILES string of the molecule is Cc1ccnc(-c2nccc3c(Nc4ccc(F)c(Cl)c4)c(N)oc23)n1. The van der Waals surface area contributed by atoms with Gasteiger partial charge in [-0.25, -0.2) is 19.3 Å². The summed E-state index contributed by atoms with van der Waals surface area (Å²) in [6, 6.07) is 7.87. The van der Waals surface area contributed by atoms with Gasteiger partial charge in [-0.2, -0.15) is 0 Å². The average Bonchev–Trinajstić information content (AvgIpc) is 2.94. The number of anilines is 3. The van der Waals surface area contributed by atoms with Gasteiger partial charge in [-0.05, 0) is 37.3 Å². The van der Waals surface area contributed by atoms with E-state index >= 15 is 0 Å². The lowest BCUT2D eigenvalue weighted by Crippen LogP contribution is -1.95. The van der Waals surface area contributed by atoms with Crippen LogP contribution in [0.3, 0.4) is 0 Å². The van der Waals surface area contributed by atoms with E-state index < -0.39 is 5.82 Å². The minimum Gasteiger partial charge on any atom is -0.436 e. The van der Waals surface area contributed by atoms with E-state index in [4.69, 9.17) is 21.8 Å². The first-order valence-electron chi connectivity index (χ1n) is 7.72. The fourth-order valence-electron chi connectivity index (χ4n) is 2.61. The van der Waals surface area contributed by atoms with Crippen molar-refractivity contribution >= 4 is 39.8 Å². The van der Waals surface area contributed by atoms with Gasteiger partial charge in [0.15, 0.2) is 17.1 Å². The number of fused-ring (bicyclic) bond motifs is 1. The Morgan fingerprint density at radius 1 is 1.15 bits per heavy atom. The number of nitrogens with zero attached hydrogens (tertiary/aromatic N) is 3. The Hall–Kier alpha value is -3.19. The highest BCUT2D eigenvalue weighted by molar-refractivity contribution is 6.31. The standard InChI is InChI=1S/C18H13ClFN5O/c1-9-4-6-23-18(24-9)15-16-11(5-7-22-15)14(17(21)26-16)25-10-2-3-13(20)12(19)8-10/h2-8,25H,21H2,1H3. The minimum absolute atomic E-state index is 0.0110. The monoisotopic (exact) mass is 369 g/mol. The summed E-state index contributed by atoms with van der Waals surface area (Å²) in [5.41, 5.74) is 8.93. The number of nitrogens with two attached hydrogens (primary N) is 1. The molecular weight excluding hydrogens is 357 g/mol. The zero-order valence-electron chi connectivity index (χ0n) is 13.6. The number of halogens is 2. The molecule has 0 aliphatic heterocycles. The molecule has 1 aromatic carbocycles. The predicted octanol–water partition coefficient (Wildman–Crippen LogP) is 4.71. The topological polar surface area (TPSA) is 89.9 Å². The summed E-state index contributed by atoms with van der Waals surface area (Å²) >= 11 is 5.84. The van der Waals surface area contributed by atoms with Gasteiger partial charge in [0, 0.05) is 23.8 Å². The quantitative estimate of drug-likeness (QED) is 0.543. The fourth-order valence-corrected chi connectivity index (χ4v) is 2.79. The first kappa shape index (κ1) is 16.3. The van der Waals surface area contributed by atoms with Crippen molar-refractivity contribution in [2.75, 3.05) is 11.1 Å². The highest BCUT2D eigenvalue weighted by Crippen LogP contribution is 2.38. The molecule has 0 radical (unpaired) electrons. The molecule has 6 nitrogen and oxygen atoms in total. The van der Waals surface area contributed by atoms with Gasteiger partial charge in [-0.1, -0.05) is 11.6 Å². The highest BCUT2D eigenvalue weighted by Gasteiger charge is 2.18. The summed E-state index contributed by atoms with van der Waals surface area (Å²) in [6.45, 7) is 1.87. The summed E-state index contributed by atoms with van der Waals surface area (Å²) in [6.07, 6.45) is 3.28. The summed E-state index contributed by atoms with van der Waals surface area (Å²) in [5, 5.41) is 3.83. The lowest BCUT2D eigenvalue weighted by Gasteiger charge is -2.06.